The SMILES string of the molecule is CCCN(CC(=O)Nc1ccccc1OC)C(=O)CSc1nnc(-c2ccc(Cl)cc2)o1. The maximum Gasteiger partial charge on any atom is 0.277 e. The number of hydrogen-bond donors (Lipinski definition) is 1. The highest BCUT2D eigenvalue weighted by Gasteiger charge is 2.19. The van der Waals surface area contributed by atoms with E-state index in [4.69, 9.17) is 20.8 Å². The number of rotatable bonds is 10. The molecule has 0 aliphatic heterocycles. The zero-order valence-corrected chi connectivity index (χ0v) is 19.3. The molecule has 0 saturated carbocycles. The van der Waals surface area contributed by atoms with E-state index in [-0.39, 0.29) is 29.3 Å². The minimum Gasteiger partial charge on any atom is -0.495 e. The van der Waals surface area contributed by atoms with E-state index in [9.17, 15) is 9.59 Å². The molecule has 8 nitrogen and oxygen atoms in total. The molecule has 0 unspecified atom stereocenters. The largest absolute Gasteiger partial charge is 0.495 e. The van der Waals surface area contributed by atoms with Gasteiger partial charge < -0.3 is 19.4 Å². The van der Waals surface area contributed by atoms with E-state index in [1.54, 1.807) is 42.5 Å². The minimum atomic E-state index is -0.302. The van der Waals surface area contributed by atoms with Gasteiger partial charge in [0.2, 0.25) is 17.7 Å². The molecule has 0 atom stereocenters. The van der Waals surface area contributed by atoms with Crippen molar-refractivity contribution in [3.8, 4) is 17.2 Å². The van der Waals surface area contributed by atoms with Gasteiger partial charge in [-0.1, -0.05) is 42.4 Å². The summed E-state index contributed by atoms with van der Waals surface area (Å²) in [5, 5.41) is 11.7. The second-order valence-electron chi connectivity index (χ2n) is 6.73. The van der Waals surface area contributed by atoms with Gasteiger partial charge in [-0.15, -0.1) is 10.2 Å². The fraction of sp³-hybridized carbons (Fsp3) is 0.273. The van der Waals surface area contributed by atoms with Crippen molar-refractivity contribution >= 4 is 40.9 Å². The smallest absolute Gasteiger partial charge is 0.277 e. The Labute approximate surface area is 195 Å². The maximum atomic E-state index is 12.7. The first-order valence-electron chi connectivity index (χ1n) is 9.93. The summed E-state index contributed by atoms with van der Waals surface area (Å²) in [5.41, 5.74) is 1.29. The molecular weight excluding hydrogens is 452 g/mol. The first-order valence-corrected chi connectivity index (χ1v) is 11.3. The fourth-order valence-corrected chi connectivity index (χ4v) is 3.66. The molecule has 10 heteroatoms. The third-order valence-corrected chi connectivity index (χ3v) is 5.43. The van der Waals surface area contributed by atoms with Crippen molar-refractivity contribution < 1.29 is 18.7 Å². The number of carbonyl (C=O) groups is 2. The Balaban J connectivity index is 1.57. The Morgan fingerprint density at radius 3 is 2.62 bits per heavy atom. The van der Waals surface area contributed by atoms with Gasteiger partial charge in [0.1, 0.15) is 5.75 Å². The van der Waals surface area contributed by atoms with Crippen LogP contribution < -0.4 is 10.1 Å². The van der Waals surface area contributed by atoms with Crippen LogP contribution in [0.1, 0.15) is 13.3 Å². The molecule has 0 aliphatic rings. The highest BCUT2D eigenvalue weighted by Crippen LogP contribution is 2.25. The van der Waals surface area contributed by atoms with Crippen LogP contribution in [0.4, 0.5) is 5.69 Å². The van der Waals surface area contributed by atoms with Crippen molar-refractivity contribution in [3.05, 3.63) is 53.6 Å². The number of para-hydroxylation sites is 2. The van der Waals surface area contributed by atoms with Gasteiger partial charge in [-0.2, -0.15) is 0 Å². The predicted octanol–water partition coefficient (Wildman–Crippen LogP) is 4.37. The third kappa shape index (κ3) is 6.48. The van der Waals surface area contributed by atoms with Crippen LogP contribution in [0.3, 0.4) is 0 Å². The van der Waals surface area contributed by atoms with Gasteiger partial charge in [0.15, 0.2) is 0 Å². The van der Waals surface area contributed by atoms with Crippen LogP contribution in [-0.4, -0.2) is 52.9 Å². The van der Waals surface area contributed by atoms with E-state index in [1.807, 2.05) is 13.0 Å². The molecular formula is C22H23ClN4O4S. The molecule has 2 aromatic carbocycles. The number of methoxy groups -OCH3 is 1. The summed E-state index contributed by atoms with van der Waals surface area (Å²) < 4.78 is 10.9. The molecule has 3 aromatic rings. The molecule has 0 bridgehead atoms. The topological polar surface area (TPSA) is 97.6 Å². The van der Waals surface area contributed by atoms with Crippen LogP contribution in [0.15, 0.2) is 58.2 Å². The quantitative estimate of drug-likeness (QED) is 0.436. The predicted molar refractivity (Wildman–Crippen MR) is 124 cm³/mol. The average molecular weight is 475 g/mol. The molecule has 32 heavy (non-hydrogen) atoms. The minimum absolute atomic E-state index is 0.0643. The number of carbonyl (C=O) groups excluding carboxylic acids is 2. The van der Waals surface area contributed by atoms with E-state index in [0.717, 1.165) is 23.7 Å². The van der Waals surface area contributed by atoms with Crippen molar-refractivity contribution in [2.75, 3.05) is 31.3 Å². The molecule has 168 valence electrons. The second-order valence-corrected chi connectivity index (χ2v) is 8.10. The molecule has 0 radical (unpaired) electrons. The van der Waals surface area contributed by atoms with Gasteiger partial charge in [-0.3, -0.25) is 9.59 Å². The zero-order valence-electron chi connectivity index (χ0n) is 17.7. The average Bonchev–Trinajstić information content (AvgIpc) is 3.27. The van der Waals surface area contributed by atoms with E-state index in [0.29, 0.717) is 28.9 Å². The third-order valence-electron chi connectivity index (χ3n) is 4.38. The Morgan fingerprint density at radius 1 is 1.16 bits per heavy atom. The van der Waals surface area contributed by atoms with Crippen molar-refractivity contribution in [1.29, 1.82) is 0 Å². The van der Waals surface area contributed by atoms with E-state index >= 15 is 0 Å². The number of aromatic nitrogens is 2. The van der Waals surface area contributed by atoms with Crippen LogP contribution in [0.5, 0.6) is 5.75 Å². The van der Waals surface area contributed by atoms with Crippen LogP contribution in [0.2, 0.25) is 5.02 Å². The lowest BCUT2D eigenvalue weighted by Crippen LogP contribution is -2.39. The first-order chi connectivity index (χ1) is 15.5. The van der Waals surface area contributed by atoms with Crippen LogP contribution in [0, 0.1) is 0 Å². The lowest BCUT2D eigenvalue weighted by Gasteiger charge is -2.21. The van der Waals surface area contributed by atoms with E-state index in [1.165, 1.54) is 12.0 Å². The summed E-state index contributed by atoms with van der Waals surface area (Å²) in [5.74, 6) is 0.475. The lowest BCUT2D eigenvalue weighted by atomic mass is 10.2. The normalized spacial score (nSPS) is 10.6. The summed E-state index contributed by atoms with van der Waals surface area (Å²) >= 11 is 7.02. The zero-order chi connectivity index (χ0) is 22.9. The Morgan fingerprint density at radius 2 is 1.91 bits per heavy atom. The number of nitrogens with one attached hydrogen (secondary N) is 1. The van der Waals surface area contributed by atoms with Crippen LogP contribution >= 0.6 is 23.4 Å². The number of benzene rings is 2. The highest BCUT2D eigenvalue weighted by atomic mass is 35.5. The number of amides is 2. The Kier molecular flexibility index (Phi) is 8.52. The van der Waals surface area contributed by atoms with Gasteiger partial charge in [0, 0.05) is 17.1 Å². The van der Waals surface area contributed by atoms with Gasteiger partial charge >= 0.3 is 0 Å². The van der Waals surface area contributed by atoms with Crippen molar-refractivity contribution in [3.63, 3.8) is 0 Å². The fourth-order valence-electron chi connectivity index (χ4n) is 2.86. The highest BCUT2D eigenvalue weighted by molar-refractivity contribution is 7.99. The number of thioether (sulfide) groups is 1. The number of ether oxygens (including phenoxy) is 1. The number of nitrogens with zero attached hydrogens (tertiary/aromatic N) is 3. The Bertz CT molecular complexity index is 1060. The molecule has 0 fully saturated rings. The van der Waals surface area contributed by atoms with Crippen molar-refractivity contribution in [1.82, 2.24) is 15.1 Å². The number of hydrogen-bond acceptors (Lipinski definition) is 7. The monoisotopic (exact) mass is 474 g/mol. The number of anilines is 1. The second kappa shape index (κ2) is 11.5. The number of halogens is 1. The summed E-state index contributed by atoms with van der Waals surface area (Å²) in [6, 6.07) is 14.1. The molecule has 1 heterocycles. The van der Waals surface area contributed by atoms with E-state index in [2.05, 4.69) is 15.5 Å². The molecule has 1 N–H and O–H groups in total. The summed E-state index contributed by atoms with van der Waals surface area (Å²) in [6.07, 6.45) is 0.722. The maximum absolute atomic E-state index is 12.7. The van der Waals surface area contributed by atoms with Gasteiger partial charge in [0.05, 0.1) is 25.1 Å². The summed E-state index contributed by atoms with van der Waals surface area (Å²) in [6.45, 7) is 2.34. The van der Waals surface area contributed by atoms with Crippen LogP contribution in [0.25, 0.3) is 11.5 Å². The molecule has 0 saturated heterocycles. The molecule has 3 rings (SSSR count). The van der Waals surface area contributed by atoms with Gasteiger partial charge in [-0.25, -0.2) is 0 Å². The van der Waals surface area contributed by atoms with E-state index < -0.39 is 0 Å². The molecule has 0 spiro atoms. The summed E-state index contributed by atoms with van der Waals surface area (Å²) in [7, 11) is 1.53. The standard InChI is InChI=1S/C22H23ClN4O4S/c1-3-12-27(13-19(28)24-17-6-4-5-7-18(17)30-2)20(29)14-32-22-26-25-21(31-22)15-8-10-16(23)11-9-15/h4-11H,3,12-14H2,1-2H3,(H,24,28). The molecule has 2 amide bonds. The van der Waals surface area contributed by atoms with Gasteiger partial charge in [-0.05, 0) is 42.8 Å². The van der Waals surface area contributed by atoms with Crippen molar-refractivity contribution in [2.24, 2.45) is 0 Å². The lowest BCUT2D eigenvalue weighted by molar-refractivity contribution is -0.132. The van der Waals surface area contributed by atoms with Crippen molar-refractivity contribution in [2.45, 2.75) is 18.6 Å². The molecule has 0 aliphatic carbocycles. The Hall–Kier alpha value is -3.04. The van der Waals surface area contributed by atoms with Gasteiger partial charge in [0.25, 0.3) is 5.22 Å². The first kappa shape index (κ1) is 23.6. The van der Waals surface area contributed by atoms with Crippen LogP contribution in [-0.2, 0) is 9.59 Å². The summed E-state index contributed by atoms with van der Waals surface area (Å²) in [4.78, 5) is 26.7. The molecule has 1 aromatic heterocycles.